The number of rotatable bonds is 4. The smallest absolute Gasteiger partial charge is 0.227 e. The van der Waals surface area contributed by atoms with Gasteiger partial charge in [-0.1, -0.05) is 84.9 Å². The zero-order valence-electron chi connectivity index (χ0n) is 13.7. The van der Waals surface area contributed by atoms with Crippen LogP contribution in [0, 0.1) is 0 Å². The molecule has 2 heteroatoms. The van der Waals surface area contributed by atoms with E-state index < -0.39 is 0 Å². The van der Waals surface area contributed by atoms with E-state index in [9.17, 15) is 0 Å². The summed E-state index contributed by atoms with van der Waals surface area (Å²) in [5.74, 6) is 1.39. The summed E-state index contributed by atoms with van der Waals surface area (Å²) in [6.45, 7) is 0. The average molecular weight is 323 g/mol. The molecule has 120 valence electrons. The standard InChI is InChI=1S/C23H17NO/c1-4-10-18(11-5-1)16-17-21-22(19-12-6-2-7-13-19)24-23(25-21)20-14-8-3-9-15-20/h1-17H/b17-16+. The Labute approximate surface area is 147 Å². The van der Waals surface area contributed by atoms with Crippen molar-refractivity contribution in [3.63, 3.8) is 0 Å². The van der Waals surface area contributed by atoms with Crippen molar-refractivity contribution in [2.75, 3.05) is 0 Å². The third kappa shape index (κ3) is 3.43. The van der Waals surface area contributed by atoms with Gasteiger partial charge >= 0.3 is 0 Å². The molecule has 0 aliphatic carbocycles. The average Bonchev–Trinajstić information content (AvgIpc) is 3.13. The largest absolute Gasteiger partial charge is 0.436 e. The quantitative estimate of drug-likeness (QED) is 0.448. The summed E-state index contributed by atoms with van der Waals surface area (Å²) in [6, 6.07) is 30.3. The lowest BCUT2D eigenvalue weighted by Crippen LogP contribution is -1.81. The fourth-order valence-corrected chi connectivity index (χ4v) is 2.69. The Morgan fingerprint density at radius 1 is 0.600 bits per heavy atom. The number of aromatic nitrogens is 1. The summed E-state index contributed by atoms with van der Waals surface area (Å²) in [5, 5.41) is 0. The molecule has 0 aliphatic rings. The second kappa shape index (κ2) is 7.02. The van der Waals surface area contributed by atoms with E-state index in [-0.39, 0.29) is 0 Å². The minimum atomic E-state index is 0.632. The molecule has 0 atom stereocenters. The maximum absolute atomic E-state index is 6.08. The Morgan fingerprint density at radius 3 is 1.80 bits per heavy atom. The molecule has 25 heavy (non-hydrogen) atoms. The van der Waals surface area contributed by atoms with Crippen LogP contribution < -0.4 is 0 Å². The van der Waals surface area contributed by atoms with Crippen molar-refractivity contribution in [2.45, 2.75) is 0 Å². The SMILES string of the molecule is C(=C\c1oc(-c2ccccc2)nc1-c1ccccc1)/c1ccccc1. The van der Waals surface area contributed by atoms with Crippen molar-refractivity contribution < 1.29 is 4.42 Å². The molecule has 0 saturated heterocycles. The molecule has 0 aliphatic heterocycles. The van der Waals surface area contributed by atoms with Crippen LogP contribution in [-0.2, 0) is 0 Å². The summed E-state index contributed by atoms with van der Waals surface area (Å²) in [4.78, 5) is 4.75. The first-order valence-corrected chi connectivity index (χ1v) is 8.25. The van der Waals surface area contributed by atoms with E-state index in [1.165, 1.54) is 0 Å². The van der Waals surface area contributed by atoms with Gasteiger partial charge in [0.2, 0.25) is 5.89 Å². The van der Waals surface area contributed by atoms with Crippen LogP contribution in [0.4, 0.5) is 0 Å². The molecule has 4 rings (SSSR count). The van der Waals surface area contributed by atoms with Gasteiger partial charge in [-0.15, -0.1) is 0 Å². The van der Waals surface area contributed by atoms with E-state index in [0.717, 1.165) is 28.1 Å². The lowest BCUT2D eigenvalue weighted by molar-refractivity contribution is 0.565. The molecule has 3 aromatic carbocycles. The second-order valence-electron chi connectivity index (χ2n) is 5.71. The van der Waals surface area contributed by atoms with Crippen molar-refractivity contribution in [3.8, 4) is 22.7 Å². The van der Waals surface area contributed by atoms with Crippen molar-refractivity contribution in [1.29, 1.82) is 0 Å². The highest BCUT2D eigenvalue weighted by Gasteiger charge is 2.14. The summed E-state index contributed by atoms with van der Waals surface area (Å²) in [6.07, 6.45) is 4.03. The maximum Gasteiger partial charge on any atom is 0.227 e. The van der Waals surface area contributed by atoms with Crippen LogP contribution >= 0.6 is 0 Å². The van der Waals surface area contributed by atoms with Crippen molar-refractivity contribution >= 4 is 12.2 Å². The monoisotopic (exact) mass is 323 g/mol. The fourth-order valence-electron chi connectivity index (χ4n) is 2.69. The van der Waals surface area contributed by atoms with Gasteiger partial charge < -0.3 is 4.42 Å². The first-order chi connectivity index (χ1) is 12.4. The predicted octanol–water partition coefficient (Wildman–Crippen LogP) is 6.18. The molecular formula is C23H17NO. The van der Waals surface area contributed by atoms with E-state index in [0.29, 0.717) is 5.89 Å². The Kier molecular flexibility index (Phi) is 4.25. The van der Waals surface area contributed by atoms with E-state index in [1.54, 1.807) is 0 Å². The molecule has 2 nitrogen and oxygen atoms in total. The van der Waals surface area contributed by atoms with E-state index >= 15 is 0 Å². The first-order valence-electron chi connectivity index (χ1n) is 8.25. The molecule has 0 radical (unpaired) electrons. The number of benzene rings is 3. The molecule has 0 unspecified atom stereocenters. The molecule has 0 N–H and O–H groups in total. The van der Waals surface area contributed by atoms with Gasteiger partial charge in [-0.05, 0) is 23.8 Å². The highest BCUT2D eigenvalue weighted by atomic mass is 16.4. The maximum atomic E-state index is 6.08. The second-order valence-corrected chi connectivity index (χ2v) is 5.71. The van der Waals surface area contributed by atoms with Gasteiger partial charge in [-0.3, -0.25) is 0 Å². The van der Waals surface area contributed by atoms with Crippen molar-refractivity contribution in [2.24, 2.45) is 0 Å². The van der Waals surface area contributed by atoms with Crippen LogP contribution in [0.15, 0.2) is 95.4 Å². The van der Waals surface area contributed by atoms with Gasteiger partial charge in [0, 0.05) is 11.1 Å². The van der Waals surface area contributed by atoms with Crippen LogP contribution in [0.1, 0.15) is 11.3 Å². The third-order valence-corrected chi connectivity index (χ3v) is 3.95. The number of oxazole rings is 1. The molecule has 0 bridgehead atoms. The van der Waals surface area contributed by atoms with Gasteiger partial charge in [0.05, 0.1) is 0 Å². The van der Waals surface area contributed by atoms with Crippen LogP contribution in [0.25, 0.3) is 34.9 Å². The molecule has 1 aromatic heterocycles. The highest BCUT2D eigenvalue weighted by Crippen LogP contribution is 2.30. The van der Waals surface area contributed by atoms with Crippen LogP contribution in [0.2, 0.25) is 0 Å². The Morgan fingerprint density at radius 2 is 1.16 bits per heavy atom. The first kappa shape index (κ1) is 15.2. The lowest BCUT2D eigenvalue weighted by Gasteiger charge is -1.97. The summed E-state index contributed by atoms with van der Waals surface area (Å²) in [7, 11) is 0. The molecule has 0 fully saturated rings. The zero-order valence-corrected chi connectivity index (χ0v) is 13.7. The number of nitrogens with zero attached hydrogens (tertiary/aromatic N) is 1. The lowest BCUT2D eigenvalue weighted by atomic mass is 10.1. The fraction of sp³-hybridized carbons (Fsp3) is 0. The zero-order chi connectivity index (χ0) is 16.9. The predicted molar refractivity (Wildman–Crippen MR) is 103 cm³/mol. The third-order valence-electron chi connectivity index (χ3n) is 3.95. The molecule has 4 aromatic rings. The molecule has 0 spiro atoms. The van der Waals surface area contributed by atoms with E-state index in [2.05, 4.69) is 12.1 Å². The van der Waals surface area contributed by atoms with Crippen LogP contribution in [0.5, 0.6) is 0 Å². The Hall–Kier alpha value is -3.39. The minimum Gasteiger partial charge on any atom is -0.436 e. The number of hydrogen-bond donors (Lipinski definition) is 0. The van der Waals surface area contributed by atoms with Crippen molar-refractivity contribution in [3.05, 3.63) is 102 Å². The van der Waals surface area contributed by atoms with Crippen molar-refractivity contribution in [1.82, 2.24) is 4.98 Å². The molecular weight excluding hydrogens is 306 g/mol. The summed E-state index contributed by atoms with van der Waals surface area (Å²) in [5.41, 5.74) is 3.99. The highest BCUT2D eigenvalue weighted by molar-refractivity contribution is 5.77. The van der Waals surface area contributed by atoms with Gasteiger partial charge in [-0.2, -0.15) is 0 Å². The minimum absolute atomic E-state index is 0.632. The van der Waals surface area contributed by atoms with Gasteiger partial charge in [0.1, 0.15) is 5.69 Å². The van der Waals surface area contributed by atoms with E-state index in [4.69, 9.17) is 9.40 Å². The van der Waals surface area contributed by atoms with Crippen LogP contribution in [0.3, 0.4) is 0 Å². The molecule has 1 heterocycles. The van der Waals surface area contributed by atoms with Crippen LogP contribution in [-0.4, -0.2) is 4.98 Å². The summed E-state index contributed by atoms with van der Waals surface area (Å²) >= 11 is 0. The topological polar surface area (TPSA) is 26.0 Å². The van der Waals surface area contributed by atoms with Gasteiger partial charge in [-0.25, -0.2) is 4.98 Å². The van der Waals surface area contributed by atoms with E-state index in [1.807, 2.05) is 91.0 Å². The Balaban J connectivity index is 1.78. The Bertz CT molecular complexity index is 971. The normalized spacial score (nSPS) is 11.0. The molecule has 0 amide bonds. The molecule has 0 saturated carbocycles. The number of hydrogen-bond acceptors (Lipinski definition) is 2. The van der Waals surface area contributed by atoms with Gasteiger partial charge in [0.25, 0.3) is 0 Å². The summed E-state index contributed by atoms with van der Waals surface area (Å²) < 4.78 is 6.08. The van der Waals surface area contributed by atoms with Gasteiger partial charge in [0.15, 0.2) is 5.76 Å².